The van der Waals surface area contributed by atoms with Crippen LogP contribution in [0.1, 0.15) is 11.1 Å². The summed E-state index contributed by atoms with van der Waals surface area (Å²) in [6, 6.07) is 21.1. The van der Waals surface area contributed by atoms with Gasteiger partial charge in [0.05, 0.1) is 5.69 Å². The number of hydrogen-bond donors (Lipinski definition) is 1. The Kier molecular flexibility index (Phi) is 6.55. The maximum absolute atomic E-state index is 13.2. The van der Waals surface area contributed by atoms with Crippen LogP contribution in [-0.2, 0) is 16.2 Å². The molecule has 1 fully saturated rings. The van der Waals surface area contributed by atoms with Crippen molar-refractivity contribution < 1.29 is 14.3 Å². The van der Waals surface area contributed by atoms with Crippen LogP contribution in [0.2, 0.25) is 10.0 Å². The fourth-order valence-electron chi connectivity index (χ4n) is 3.14. The Morgan fingerprint density at radius 1 is 0.938 bits per heavy atom. The van der Waals surface area contributed by atoms with E-state index in [0.29, 0.717) is 27.0 Å². The second-order valence-corrected chi connectivity index (χ2v) is 8.08. The van der Waals surface area contributed by atoms with Gasteiger partial charge >= 0.3 is 0 Å². The normalized spacial score (nSPS) is 15.1. The summed E-state index contributed by atoms with van der Waals surface area (Å²) in [5.41, 5.74) is 1.82. The molecule has 3 aromatic carbocycles. The molecule has 160 valence electrons. The van der Waals surface area contributed by atoms with E-state index in [1.165, 1.54) is 11.0 Å². The van der Waals surface area contributed by atoms with E-state index < -0.39 is 11.8 Å². The van der Waals surface area contributed by atoms with Crippen molar-refractivity contribution in [3.05, 3.63) is 99.5 Å². The van der Waals surface area contributed by atoms with Crippen molar-refractivity contribution in [2.24, 2.45) is 0 Å². The van der Waals surface area contributed by atoms with Gasteiger partial charge in [0.1, 0.15) is 17.9 Å². The smallest absolute Gasteiger partial charge is 0.270 e. The SMILES string of the molecule is O=C1NC(=S)N(c2ccc(Cl)cc2)C(=O)/C1=C/c1ccccc1OCc1ccccc1Cl. The number of rotatable bonds is 5. The lowest BCUT2D eigenvalue weighted by Gasteiger charge is -2.29. The molecule has 8 heteroatoms. The van der Waals surface area contributed by atoms with Crippen molar-refractivity contribution in [3.63, 3.8) is 0 Å². The molecule has 1 aliphatic heterocycles. The molecule has 0 bridgehead atoms. The molecule has 32 heavy (non-hydrogen) atoms. The van der Waals surface area contributed by atoms with Crippen LogP contribution in [0.5, 0.6) is 5.75 Å². The number of halogens is 2. The summed E-state index contributed by atoms with van der Waals surface area (Å²) in [7, 11) is 0. The highest BCUT2D eigenvalue weighted by Crippen LogP contribution is 2.27. The molecule has 0 aliphatic carbocycles. The van der Waals surface area contributed by atoms with E-state index in [9.17, 15) is 9.59 Å². The third-order valence-corrected chi connectivity index (χ3v) is 5.65. The monoisotopic (exact) mass is 482 g/mol. The van der Waals surface area contributed by atoms with E-state index in [4.69, 9.17) is 40.2 Å². The number of hydrogen-bond acceptors (Lipinski definition) is 4. The van der Waals surface area contributed by atoms with Gasteiger partial charge in [-0.3, -0.25) is 19.8 Å². The first-order valence-corrected chi connectivity index (χ1v) is 10.7. The van der Waals surface area contributed by atoms with Gasteiger partial charge in [-0.2, -0.15) is 0 Å². The molecule has 0 unspecified atom stereocenters. The van der Waals surface area contributed by atoms with E-state index in [1.807, 2.05) is 24.3 Å². The van der Waals surface area contributed by atoms with E-state index >= 15 is 0 Å². The Morgan fingerprint density at radius 3 is 2.38 bits per heavy atom. The number of ether oxygens (including phenoxy) is 1. The summed E-state index contributed by atoms with van der Waals surface area (Å²) < 4.78 is 5.94. The minimum atomic E-state index is -0.578. The van der Waals surface area contributed by atoms with E-state index in [0.717, 1.165) is 5.56 Å². The molecular formula is C24H16Cl2N2O3S. The molecule has 0 aromatic heterocycles. The number of nitrogens with one attached hydrogen (secondary N) is 1. The second-order valence-electron chi connectivity index (χ2n) is 6.85. The minimum Gasteiger partial charge on any atom is -0.488 e. The van der Waals surface area contributed by atoms with Gasteiger partial charge in [0.2, 0.25) is 0 Å². The van der Waals surface area contributed by atoms with Crippen LogP contribution < -0.4 is 15.0 Å². The highest BCUT2D eigenvalue weighted by molar-refractivity contribution is 7.80. The summed E-state index contributed by atoms with van der Waals surface area (Å²) in [5, 5.41) is 3.69. The van der Waals surface area contributed by atoms with Crippen LogP contribution in [0.25, 0.3) is 6.08 Å². The largest absolute Gasteiger partial charge is 0.488 e. The van der Waals surface area contributed by atoms with E-state index in [2.05, 4.69) is 5.32 Å². The predicted molar refractivity (Wildman–Crippen MR) is 130 cm³/mol. The maximum atomic E-state index is 13.2. The molecule has 5 nitrogen and oxygen atoms in total. The lowest BCUT2D eigenvalue weighted by atomic mass is 10.1. The van der Waals surface area contributed by atoms with Crippen LogP contribution in [0.15, 0.2) is 78.4 Å². The van der Waals surface area contributed by atoms with Crippen molar-refractivity contribution >= 4 is 64.1 Å². The highest BCUT2D eigenvalue weighted by atomic mass is 35.5. The first-order valence-electron chi connectivity index (χ1n) is 9.56. The van der Waals surface area contributed by atoms with Crippen molar-refractivity contribution in [3.8, 4) is 5.75 Å². The van der Waals surface area contributed by atoms with Crippen molar-refractivity contribution in [1.29, 1.82) is 0 Å². The Balaban J connectivity index is 1.64. The van der Waals surface area contributed by atoms with E-state index in [1.54, 1.807) is 48.5 Å². The molecule has 1 heterocycles. The van der Waals surface area contributed by atoms with Crippen LogP contribution in [0, 0.1) is 0 Å². The summed E-state index contributed by atoms with van der Waals surface area (Å²) in [6.45, 7) is 0.237. The van der Waals surface area contributed by atoms with Crippen LogP contribution in [0.3, 0.4) is 0 Å². The van der Waals surface area contributed by atoms with Crippen LogP contribution in [-0.4, -0.2) is 16.9 Å². The molecule has 0 atom stereocenters. The van der Waals surface area contributed by atoms with Gasteiger partial charge < -0.3 is 4.74 Å². The maximum Gasteiger partial charge on any atom is 0.270 e. The Morgan fingerprint density at radius 2 is 1.62 bits per heavy atom. The van der Waals surface area contributed by atoms with Gasteiger partial charge in [0.25, 0.3) is 11.8 Å². The van der Waals surface area contributed by atoms with Gasteiger partial charge in [0.15, 0.2) is 5.11 Å². The number of anilines is 1. The molecule has 3 aromatic rings. The molecule has 0 saturated carbocycles. The van der Waals surface area contributed by atoms with Crippen molar-refractivity contribution in [2.45, 2.75) is 6.61 Å². The zero-order valence-corrected chi connectivity index (χ0v) is 18.9. The molecule has 1 aliphatic rings. The second kappa shape index (κ2) is 9.53. The molecule has 1 N–H and O–H groups in total. The molecule has 0 radical (unpaired) electrons. The lowest BCUT2D eigenvalue weighted by Crippen LogP contribution is -2.54. The highest BCUT2D eigenvalue weighted by Gasteiger charge is 2.34. The van der Waals surface area contributed by atoms with Gasteiger partial charge in [-0.1, -0.05) is 59.6 Å². The summed E-state index contributed by atoms with van der Waals surface area (Å²) in [4.78, 5) is 27.0. The Hall–Kier alpha value is -3.19. The number of amides is 2. The third-order valence-electron chi connectivity index (χ3n) is 4.75. The topological polar surface area (TPSA) is 58.6 Å². The Labute approximate surface area is 200 Å². The third kappa shape index (κ3) is 4.67. The van der Waals surface area contributed by atoms with Gasteiger partial charge in [-0.05, 0) is 54.7 Å². The molecule has 2 amide bonds. The van der Waals surface area contributed by atoms with Crippen molar-refractivity contribution in [2.75, 3.05) is 4.90 Å². The standard InChI is InChI=1S/C24H16Cl2N2O3S/c25-17-9-11-18(12-10-17)28-23(30)19(22(29)27-24(28)32)13-15-5-2-4-8-21(15)31-14-16-6-1-3-7-20(16)26/h1-13H,14H2,(H,27,29,32)/b19-13+. The average Bonchev–Trinajstić information content (AvgIpc) is 2.78. The summed E-state index contributed by atoms with van der Waals surface area (Å²) in [5.74, 6) is -0.611. The van der Waals surface area contributed by atoms with Gasteiger partial charge in [-0.25, -0.2) is 0 Å². The van der Waals surface area contributed by atoms with Crippen molar-refractivity contribution in [1.82, 2.24) is 5.32 Å². The van der Waals surface area contributed by atoms with Gasteiger partial charge in [-0.15, -0.1) is 0 Å². The van der Waals surface area contributed by atoms with Crippen LogP contribution in [0.4, 0.5) is 5.69 Å². The number of carbonyl (C=O) groups excluding carboxylic acids is 2. The summed E-state index contributed by atoms with van der Waals surface area (Å²) in [6.07, 6.45) is 1.49. The van der Waals surface area contributed by atoms with Crippen LogP contribution >= 0.6 is 35.4 Å². The number of thiocarbonyl (C=S) groups is 1. The number of carbonyl (C=O) groups is 2. The van der Waals surface area contributed by atoms with E-state index in [-0.39, 0.29) is 17.3 Å². The average molecular weight is 483 g/mol. The first kappa shape index (κ1) is 22.0. The molecule has 4 rings (SSSR count). The fraction of sp³-hybridized carbons (Fsp3) is 0.0417. The summed E-state index contributed by atoms with van der Waals surface area (Å²) >= 11 is 17.4. The number of nitrogens with zero attached hydrogens (tertiary/aromatic N) is 1. The fourth-order valence-corrected chi connectivity index (χ4v) is 3.74. The predicted octanol–water partition coefficient (Wildman–Crippen LogP) is 5.40. The zero-order chi connectivity index (χ0) is 22.7. The zero-order valence-electron chi connectivity index (χ0n) is 16.5. The Bertz CT molecular complexity index is 1240. The first-order chi connectivity index (χ1) is 15.4. The molecule has 0 spiro atoms. The molecular weight excluding hydrogens is 467 g/mol. The van der Waals surface area contributed by atoms with Gasteiger partial charge in [0, 0.05) is 21.2 Å². The lowest BCUT2D eigenvalue weighted by molar-refractivity contribution is -0.122. The number of para-hydroxylation sites is 1. The molecule has 1 saturated heterocycles. The number of benzene rings is 3. The quantitative estimate of drug-likeness (QED) is 0.300. The minimum absolute atomic E-state index is 0.00253.